The first kappa shape index (κ1) is 15.2. The summed E-state index contributed by atoms with van der Waals surface area (Å²) in [6.07, 6.45) is 2.68. The zero-order chi connectivity index (χ0) is 13.6. The van der Waals surface area contributed by atoms with Crippen molar-refractivity contribution in [1.29, 1.82) is 0 Å². The second kappa shape index (κ2) is 6.90. The van der Waals surface area contributed by atoms with Crippen molar-refractivity contribution in [2.75, 3.05) is 0 Å². The second-order valence-corrected chi connectivity index (χ2v) is 6.88. The molecule has 0 saturated carbocycles. The van der Waals surface area contributed by atoms with E-state index in [1.807, 2.05) is 37.3 Å². The maximum Gasteiger partial charge on any atom is 0.214 e. The van der Waals surface area contributed by atoms with Gasteiger partial charge in [-0.1, -0.05) is 50.1 Å². The summed E-state index contributed by atoms with van der Waals surface area (Å²) in [6, 6.07) is 9.45. The molecule has 1 aromatic carbocycles. The molecule has 0 aromatic heterocycles. The molecule has 0 aliphatic heterocycles. The van der Waals surface area contributed by atoms with Crippen LogP contribution in [-0.2, 0) is 10.0 Å². The van der Waals surface area contributed by atoms with Crippen LogP contribution in [0.2, 0.25) is 0 Å². The van der Waals surface area contributed by atoms with Crippen molar-refractivity contribution in [3.8, 4) is 0 Å². The van der Waals surface area contributed by atoms with Crippen LogP contribution >= 0.6 is 0 Å². The van der Waals surface area contributed by atoms with Crippen LogP contribution in [0.5, 0.6) is 0 Å². The van der Waals surface area contributed by atoms with Gasteiger partial charge in [-0.15, -0.1) is 0 Å². The summed E-state index contributed by atoms with van der Waals surface area (Å²) in [5.41, 5.74) is 0.990. The van der Waals surface area contributed by atoms with E-state index in [0.29, 0.717) is 6.42 Å². The largest absolute Gasteiger partial charge is 0.214 e. The quantitative estimate of drug-likeness (QED) is 0.826. The van der Waals surface area contributed by atoms with E-state index in [1.165, 1.54) is 0 Å². The highest BCUT2D eigenvalue weighted by atomic mass is 32.2. The third-order valence-corrected chi connectivity index (χ3v) is 5.11. The Morgan fingerprint density at radius 3 is 2.33 bits per heavy atom. The van der Waals surface area contributed by atoms with Gasteiger partial charge in [0.2, 0.25) is 10.0 Å². The predicted octanol–water partition coefficient (Wildman–Crippen LogP) is 3.25. The highest BCUT2D eigenvalue weighted by Gasteiger charge is 2.22. The second-order valence-electron chi connectivity index (χ2n) is 4.75. The molecule has 0 heterocycles. The van der Waals surface area contributed by atoms with Crippen LogP contribution in [0.25, 0.3) is 0 Å². The number of rotatable bonds is 7. The van der Waals surface area contributed by atoms with Gasteiger partial charge in [0.05, 0.1) is 5.25 Å². The molecule has 0 unspecified atom stereocenters. The summed E-state index contributed by atoms with van der Waals surface area (Å²) in [5, 5.41) is -0.330. The summed E-state index contributed by atoms with van der Waals surface area (Å²) < 4.78 is 27.0. The van der Waals surface area contributed by atoms with E-state index >= 15 is 0 Å². The summed E-state index contributed by atoms with van der Waals surface area (Å²) in [5.74, 6) is 0. The standard InChI is InChI=1S/C14H23NO2S/c1-4-5-9-12(2)18(16,17)15-13(3)14-10-7-6-8-11-14/h6-8,10-13,15H,4-5,9H2,1-3H3/t12-,13-/m0/s1. The van der Waals surface area contributed by atoms with Gasteiger partial charge in [0.15, 0.2) is 0 Å². The van der Waals surface area contributed by atoms with Crippen molar-refractivity contribution >= 4 is 10.0 Å². The Hall–Kier alpha value is -0.870. The van der Waals surface area contributed by atoms with Crippen LogP contribution in [-0.4, -0.2) is 13.7 Å². The molecule has 0 saturated heterocycles. The predicted molar refractivity (Wildman–Crippen MR) is 75.9 cm³/mol. The molecule has 4 heteroatoms. The third-order valence-electron chi connectivity index (χ3n) is 3.13. The molecule has 18 heavy (non-hydrogen) atoms. The van der Waals surface area contributed by atoms with Crippen molar-refractivity contribution in [3.63, 3.8) is 0 Å². The molecule has 102 valence electrons. The van der Waals surface area contributed by atoms with Crippen LogP contribution in [0.3, 0.4) is 0 Å². The van der Waals surface area contributed by atoms with Crippen LogP contribution in [0.15, 0.2) is 30.3 Å². The molecule has 1 aromatic rings. The SMILES string of the molecule is CCCC[C@H](C)S(=O)(=O)N[C@@H](C)c1ccccc1. The summed E-state index contributed by atoms with van der Waals surface area (Å²) in [4.78, 5) is 0. The topological polar surface area (TPSA) is 46.2 Å². The lowest BCUT2D eigenvalue weighted by molar-refractivity contribution is 0.544. The lowest BCUT2D eigenvalue weighted by Gasteiger charge is -2.18. The fraction of sp³-hybridized carbons (Fsp3) is 0.571. The molecular formula is C14H23NO2S. The molecule has 0 amide bonds. The Bertz CT molecular complexity index is 442. The first-order valence-electron chi connectivity index (χ1n) is 6.53. The molecule has 1 rings (SSSR count). The molecule has 0 aliphatic rings. The van der Waals surface area contributed by atoms with E-state index in [-0.39, 0.29) is 11.3 Å². The maximum atomic E-state index is 12.1. The number of sulfonamides is 1. The van der Waals surface area contributed by atoms with Crippen molar-refractivity contribution in [1.82, 2.24) is 4.72 Å². The first-order chi connectivity index (χ1) is 8.47. The van der Waals surface area contributed by atoms with Crippen molar-refractivity contribution in [2.45, 2.75) is 51.3 Å². The summed E-state index contributed by atoms with van der Waals surface area (Å²) in [7, 11) is -3.23. The Balaban J connectivity index is 2.65. The molecule has 3 nitrogen and oxygen atoms in total. The minimum atomic E-state index is -3.23. The van der Waals surface area contributed by atoms with E-state index in [4.69, 9.17) is 0 Å². The lowest BCUT2D eigenvalue weighted by atomic mass is 10.1. The van der Waals surface area contributed by atoms with Crippen molar-refractivity contribution in [2.24, 2.45) is 0 Å². The Kier molecular flexibility index (Phi) is 5.82. The maximum absolute atomic E-state index is 12.1. The van der Waals surface area contributed by atoms with Gasteiger partial charge in [-0.3, -0.25) is 0 Å². The monoisotopic (exact) mass is 269 g/mol. The van der Waals surface area contributed by atoms with E-state index in [1.54, 1.807) is 6.92 Å². The molecular weight excluding hydrogens is 246 g/mol. The van der Waals surface area contributed by atoms with Gasteiger partial charge in [0.1, 0.15) is 0 Å². The lowest BCUT2D eigenvalue weighted by Crippen LogP contribution is -2.34. The zero-order valence-electron chi connectivity index (χ0n) is 11.4. The fourth-order valence-electron chi connectivity index (χ4n) is 1.82. The molecule has 0 bridgehead atoms. The van der Waals surface area contributed by atoms with E-state index < -0.39 is 10.0 Å². The number of hydrogen-bond acceptors (Lipinski definition) is 2. The fourth-order valence-corrected chi connectivity index (χ4v) is 3.16. The minimum Gasteiger partial charge on any atom is -0.212 e. The van der Waals surface area contributed by atoms with E-state index in [2.05, 4.69) is 11.6 Å². The number of benzene rings is 1. The van der Waals surface area contributed by atoms with Crippen molar-refractivity contribution in [3.05, 3.63) is 35.9 Å². The van der Waals surface area contributed by atoms with Gasteiger partial charge in [-0.2, -0.15) is 0 Å². The molecule has 0 spiro atoms. The minimum absolute atomic E-state index is 0.180. The molecule has 0 radical (unpaired) electrons. The highest BCUT2D eigenvalue weighted by Crippen LogP contribution is 2.16. The normalized spacial score (nSPS) is 15.3. The summed E-state index contributed by atoms with van der Waals surface area (Å²) in [6.45, 7) is 5.72. The Labute approximate surface area is 111 Å². The molecule has 1 N–H and O–H groups in total. The number of hydrogen-bond donors (Lipinski definition) is 1. The first-order valence-corrected chi connectivity index (χ1v) is 8.08. The molecule has 0 aliphatic carbocycles. The Morgan fingerprint density at radius 2 is 1.78 bits per heavy atom. The van der Waals surface area contributed by atoms with Gasteiger partial charge in [-0.05, 0) is 25.8 Å². The highest BCUT2D eigenvalue weighted by molar-refractivity contribution is 7.90. The molecule has 2 atom stereocenters. The van der Waals surface area contributed by atoms with Crippen LogP contribution in [0.1, 0.15) is 51.6 Å². The van der Waals surface area contributed by atoms with Crippen LogP contribution < -0.4 is 4.72 Å². The number of unbranched alkanes of at least 4 members (excludes halogenated alkanes) is 1. The van der Waals surface area contributed by atoms with Crippen LogP contribution in [0.4, 0.5) is 0 Å². The number of nitrogens with one attached hydrogen (secondary N) is 1. The van der Waals surface area contributed by atoms with Crippen molar-refractivity contribution < 1.29 is 8.42 Å². The van der Waals surface area contributed by atoms with E-state index in [9.17, 15) is 8.42 Å². The van der Waals surface area contributed by atoms with Gasteiger partial charge < -0.3 is 0 Å². The van der Waals surface area contributed by atoms with E-state index in [0.717, 1.165) is 18.4 Å². The van der Waals surface area contributed by atoms with Gasteiger partial charge in [0.25, 0.3) is 0 Å². The van der Waals surface area contributed by atoms with Gasteiger partial charge in [0, 0.05) is 6.04 Å². The molecule has 0 fully saturated rings. The average molecular weight is 269 g/mol. The third kappa shape index (κ3) is 4.42. The Morgan fingerprint density at radius 1 is 1.17 bits per heavy atom. The zero-order valence-corrected chi connectivity index (χ0v) is 12.2. The van der Waals surface area contributed by atoms with Crippen LogP contribution in [0, 0.1) is 0 Å². The van der Waals surface area contributed by atoms with Gasteiger partial charge >= 0.3 is 0 Å². The van der Waals surface area contributed by atoms with Gasteiger partial charge in [-0.25, -0.2) is 13.1 Å². The average Bonchev–Trinajstić information content (AvgIpc) is 2.36. The summed E-state index contributed by atoms with van der Waals surface area (Å²) >= 11 is 0. The smallest absolute Gasteiger partial charge is 0.212 e.